The lowest BCUT2D eigenvalue weighted by Crippen LogP contribution is -2.32. The predicted octanol–water partition coefficient (Wildman–Crippen LogP) is 7.37. The fourth-order valence-corrected chi connectivity index (χ4v) is 4.66. The number of hydrazone groups is 1. The van der Waals surface area contributed by atoms with Crippen LogP contribution in [-0.2, 0) is 14.4 Å². The van der Waals surface area contributed by atoms with E-state index in [4.69, 9.17) is 0 Å². The number of rotatable bonds is 20. The molecule has 0 spiro atoms. The molecule has 1 heterocycles. The molecule has 210 valence electrons. The van der Waals surface area contributed by atoms with Crippen LogP contribution in [0.25, 0.3) is 0 Å². The summed E-state index contributed by atoms with van der Waals surface area (Å²) in [4.78, 5) is 36.3. The number of aliphatic carboxylic acids is 1. The highest BCUT2D eigenvalue weighted by atomic mass is 16.4. The van der Waals surface area contributed by atoms with Crippen LogP contribution in [0.1, 0.15) is 116 Å². The molecule has 0 aliphatic carbocycles. The van der Waals surface area contributed by atoms with Gasteiger partial charge in [-0.2, -0.15) is 10.1 Å². The van der Waals surface area contributed by atoms with E-state index in [2.05, 4.69) is 29.5 Å². The third-order valence-corrected chi connectivity index (χ3v) is 6.91. The summed E-state index contributed by atoms with van der Waals surface area (Å²) in [5.41, 5.74) is 0.628. The number of allylic oxidation sites excluding steroid dienone is 2. The van der Waals surface area contributed by atoms with E-state index in [-0.39, 0.29) is 24.6 Å². The highest BCUT2D eigenvalue weighted by Crippen LogP contribution is 2.20. The van der Waals surface area contributed by atoms with E-state index in [1.165, 1.54) is 62.8 Å². The van der Waals surface area contributed by atoms with E-state index in [9.17, 15) is 19.5 Å². The van der Waals surface area contributed by atoms with Crippen LogP contribution in [0.5, 0.6) is 0 Å². The lowest BCUT2D eigenvalue weighted by molar-refractivity contribution is -0.144. The fraction of sp³-hybridized carbons (Fsp3) is 0.613. The Morgan fingerprint density at radius 3 is 2.11 bits per heavy atom. The Bertz CT molecular complexity index is 898. The number of hydrogen-bond acceptors (Lipinski definition) is 4. The molecule has 1 aromatic rings. The molecule has 1 aliphatic heterocycles. The van der Waals surface area contributed by atoms with Gasteiger partial charge >= 0.3 is 5.97 Å². The minimum Gasteiger partial charge on any atom is -0.481 e. The first-order valence-electron chi connectivity index (χ1n) is 14.6. The number of amides is 2. The van der Waals surface area contributed by atoms with Crippen LogP contribution in [0.15, 0.2) is 47.6 Å². The summed E-state index contributed by atoms with van der Waals surface area (Å²) in [6, 6.07) is 8.99. The second-order valence-corrected chi connectivity index (χ2v) is 10.3. The molecule has 2 rings (SSSR count). The largest absolute Gasteiger partial charge is 0.481 e. The van der Waals surface area contributed by atoms with Crippen LogP contribution in [0.2, 0.25) is 0 Å². The molecular formula is C31H47N3O4. The third kappa shape index (κ3) is 13.0. The summed E-state index contributed by atoms with van der Waals surface area (Å²) in [5.74, 6) is -2.10. The number of amidine groups is 1. The number of carboxylic acids is 1. The van der Waals surface area contributed by atoms with Crippen molar-refractivity contribution < 1.29 is 19.5 Å². The second kappa shape index (κ2) is 19.2. The topological polar surface area (TPSA) is 99.1 Å². The Balaban J connectivity index is 1.54. The van der Waals surface area contributed by atoms with Crippen LogP contribution in [0, 0.1) is 5.92 Å². The maximum Gasteiger partial charge on any atom is 0.307 e. The number of benzene rings is 1. The van der Waals surface area contributed by atoms with E-state index in [0.29, 0.717) is 12.1 Å². The number of unbranched alkanes of at least 4 members (excludes halogenated alkanes) is 12. The maximum absolute atomic E-state index is 12.4. The zero-order chi connectivity index (χ0) is 27.4. The van der Waals surface area contributed by atoms with E-state index in [1.807, 2.05) is 6.07 Å². The monoisotopic (exact) mass is 525 g/mol. The van der Waals surface area contributed by atoms with Gasteiger partial charge in [-0.3, -0.25) is 14.4 Å². The Morgan fingerprint density at radius 2 is 1.50 bits per heavy atom. The van der Waals surface area contributed by atoms with E-state index in [1.54, 1.807) is 24.3 Å². The van der Waals surface area contributed by atoms with Gasteiger partial charge in [-0.1, -0.05) is 101 Å². The van der Waals surface area contributed by atoms with E-state index < -0.39 is 17.8 Å². The molecule has 1 aromatic carbocycles. The smallest absolute Gasteiger partial charge is 0.307 e. The van der Waals surface area contributed by atoms with E-state index in [0.717, 1.165) is 32.1 Å². The van der Waals surface area contributed by atoms with Crippen molar-refractivity contribution in [2.75, 3.05) is 5.01 Å². The quantitative estimate of drug-likeness (QED) is 0.137. The van der Waals surface area contributed by atoms with Crippen LogP contribution >= 0.6 is 0 Å². The van der Waals surface area contributed by atoms with Gasteiger partial charge in [-0.15, -0.1) is 0 Å². The van der Waals surface area contributed by atoms with Crippen molar-refractivity contribution in [2.45, 2.75) is 116 Å². The standard InChI is InChI=1S/C31H47N3O4/c1-2-3-4-5-6-7-8-9-10-11-12-13-14-15-16-18-21-26(31(37)38)24-29(35)32-28-25-30(36)34(33-28)27-22-19-17-20-23-27/h12-13,17,19-20,22-23,26H,2-11,14-16,18,21,24-25H2,1H3,(H,37,38)(H,32,33,35)/b13-12+/t26-/m1/s1. The van der Waals surface area contributed by atoms with Crippen molar-refractivity contribution in [1.82, 2.24) is 5.32 Å². The third-order valence-electron chi connectivity index (χ3n) is 6.91. The molecule has 0 unspecified atom stereocenters. The number of nitrogens with zero attached hydrogens (tertiary/aromatic N) is 2. The number of carbonyl (C=O) groups excluding carboxylic acids is 2. The minimum atomic E-state index is -0.962. The Morgan fingerprint density at radius 1 is 0.921 bits per heavy atom. The molecule has 2 amide bonds. The van der Waals surface area contributed by atoms with Crippen molar-refractivity contribution in [3.63, 3.8) is 0 Å². The Labute approximate surface area is 228 Å². The molecule has 38 heavy (non-hydrogen) atoms. The van der Waals surface area contributed by atoms with Crippen molar-refractivity contribution in [3.05, 3.63) is 42.5 Å². The highest BCUT2D eigenvalue weighted by Gasteiger charge is 2.28. The molecular weight excluding hydrogens is 478 g/mol. The average Bonchev–Trinajstić information content (AvgIpc) is 3.27. The van der Waals surface area contributed by atoms with Crippen LogP contribution in [0.3, 0.4) is 0 Å². The van der Waals surface area contributed by atoms with Gasteiger partial charge < -0.3 is 10.4 Å². The summed E-state index contributed by atoms with van der Waals surface area (Å²) < 4.78 is 0. The summed E-state index contributed by atoms with van der Waals surface area (Å²) in [6.07, 6.45) is 21.9. The second-order valence-electron chi connectivity index (χ2n) is 10.3. The molecule has 0 saturated heterocycles. The number of carbonyl (C=O) groups is 3. The predicted molar refractivity (Wildman–Crippen MR) is 154 cm³/mol. The molecule has 0 radical (unpaired) electrons. The zero-order valence-electron chi connectivity index (χ0n) is 23.2. The molecule has 0 aromatic heterocycles. The van der Waals surface area contributed by atoms with Gasteiger partial charge in [-0.25, -0.2) is 0 Å². The SMILES string of the molecule is CCCCCCCCCCC/C=C/CCCCC[C@H](CC(=O)NC1=NN(c2ccccc2)C(=O)C1)C(=O)O. The van der Waals surface area contributed by atoms with Gasteiger partial charge in [0.05, 0.1) is 18.0 Å². The normalized spacial score (nSPS) is 14.2. The first-order valence-corrected chi connectivity index (χ1v) is 14.6. The van der Waals surface area contributed by atoms with Crippen LogP contribution in [-0.4, -0.2) is 28.7 Å². The lowest BCUT2D eigenvalue weighted by atomic mass is 9.97. The lowest BCUT2D eigenvalue weighted by Gasteiger charge is -2.12. The van der Waals surface area contributed by atoms with Gasteiger partial charge in [0.25, 0.3) is 5.91 Å². The van der Waals surface area contributed by atoms with Gasteiger partial charge in [-0.05, 0) is 44.2 Å². The highest BCUT2D eigenvalue weighted by molar-refractivity contribution is 6.15. The summed E-state index contributed by atoms with van der Waals surface area (Å²) in [6.45, 7) is 2.26. The molecule has 1 aliphatic rings. The molecule has 0 bridgehead atoms. The molecule has 7 heteroatoms. The minimum absolute atomic E-state index is 0.00891. The van der Waals surface area contributed by atoms with Gasteiger partial charge in [0.2, 0.25) is 5.91 Å². The number of nitrogens with one attached hydrogen (secondary N) is 1. The number of para-hydroxylation sites is 1. The zero-order valence-corrected chi connectivity index (χ0v) is 23.2. The number of carboxylic acid groups (broad SMARTS) is 1. The maximum atomic E-state index is 12.4. The molecule has 0 saturated carbocycles. The van der Waals surface area contributed by atoms with Crippen molar-refractivity contribution in [3.8, 4) is 0 Å². The first-order chi connectivity index (χ1) is 18.5. The van der Waals surface area contributed by atoms with Crippen LogP contribution < -0.4 is 10.3 Å². The number of anilines is 1. The Kier molecular flexibility index (Phi) is 15.8. The number of hydrogen-bond donors (Lipinski definition) is 2. The summed E-state index contributed by atoms with van der Waals surface area (Å²) >= 11 is 0. The molecule has 2 N–H and O–H groups in total. The van der Waals surface area contributed by atoms with Crippen LogP contribution in [0.4, 0.5) is 5.69 Å². The Hall–Kier alpha value is -2.96. The van der Waals surface area contributed by atoms with Crippen molar-refractivity contribution in [2.24, 2.45) is 11.0 Å². The van der Waals surface area contributed by atoms with E-state index >= 15 is 0 Å². The van der Waals surface area contributed by atoms with Crippen molar-refractivity contribution in [1.29, 1.82) is 0 Å². The fourth-order valence-electron chi connectivity index (χ4n) is 4.66. The summed E-state index contributed by atoms with van der Waals surface area (Å²) in [5, 5.41) is 17.6. The molecule has 7 nitrogen and oxygen atoms in total. The van der Waals surface area contributed by atoms with Crippen molar-refractivity contribution >= 4 is 29.3 Å². The van der Waals surface area contributed by atoms with Gasteiger partial charge in [0, 0.05) is 6.42 Å². The molecule has 1 atom stereocenters. The average molecular weight is 526 g/mol. The molecule has 0 fully saturated rings. The first kappa shape index (κ1) is 31.3. The summed E-state index contributed by atoms with van der Waals surface area (Å²) in [7, 11) is 0. The van der Waals surface area contributed by atoms with Gasteiger partial charge in [0.1, 0.15) is 5.84 Å². The van der Waals surface area contributed by atoms with Gasteiger partial charge in [0.15, 0.2) is 0 Å².